The molecule has 0 aromatic heterocycles. The monoisotopic (exact) mass is 526 g/mol. The fraction of sp³-hybridized carbons (Fsp3) is 0.560. The van der Waals surface area contributed by atoms with Crippen molar-refractivity contribution in [3.05, 3.63) is 57.3 Å². The Morgan fingerprint density at radius 3 is 2.50 bits per heavy atom. The molecule has 1 aromatic carbocycles. The van der Waals surface area contributed by atoms with Crippen LogP contribution in [-0.2, 0) is 20.8 Å². The van der Waals surface area contributed by atoms with Crippen molar-refractivity contribution < 1.29 is 14.3 Å². The van der Waals surface area contributed by atoms with Gasteiger partial charge in [0.15, 0.2) is 6.29 Å². The largest absolute Gasteiger partial charge is 0.353 e. The average molecular weight is 528 g/mol. The molecule has 1 fully saturated rings. The van der Waals surface area contributed by atoms with Crippen LogP contribution in [0.4, 0.5) is 0 Å². The molecule has 1 aliphatic heterocycles. The highest BCUT2D eigenvalue weighted by molar-refractivity contribution is 9.11. The lowest BCUT2D eigenvalue weighted by atomic mass is 10.1. The highest BCUT2D eigenvalue weighted by atomic mass is 79.9. The molecule has 0 aliphatic carbocycles. The summed E-state index contributed by atoms with van der Waals surface area (Å²) in [6, 6.07) is 7.69. The van der Waals surface area contributed by atoms with Crippen LogP contribution in [0.2, 0.25) is 5.02 Å². The fourth-order valence-corrected chi connectivity index (χ4v) is 4.11. The van der Waals surface area contributed by atoms with Gasteiger partial charge in [0.05, 0.1) is 11.2 Å². The van der Waals surface area contributed by atoms with E-state index in [-0.39, 0.29) is 18.2 Å². The van der Waals surface area contributed by atoms with Crippen LogP contribution in [0.1, 0.15) is 58.9 Å². The molecule has 32 heavy (non-hydrogen) atoms. The highest BCUT2D eigenvalue weighted by Gasteiger charge is 2.27. The molecule has 0 saturated carbocycles. The van der Waals surface area contributed by atoms with E-state index < -0.39 is 0 Å². The number of hydrogen-bond donors (Lipinski definition) is 0. The van der Waals surface area contributed by atoms with Crippen molar-refractivity contribution in [1.82, 2.24) is 9.80 Å². The Morgan fingerprint density at radius 1 is 1.28 bits per heavy atom. The minimum Gasteiger partial charge on any atom is -0.353 e. The van der Waals surface area contributed by atoms with Gasteiger partial charge in [0.2, 0.25) is 0 Å². The predicted octanol–water partition coefficient (Wildman–Crippen LogP) is 6.47. The zero-order chi connectivity index (χ0) is 23.7. The number of ether oxygens (including phenoxy) is 2. The Labute approximate surface area is 206 Å². The van der Waals surface area contributed by atoms with Crippen molar-refractivity contribution in [1.29, 1.82) is 0 Å². The van der Waals surface area contributed by atoms with Crippen molar-refractivity contribution in [2.45, 2.75) is 72.3 Å². The lowest BCUT2D eigenvalue weighted by Crippen LogP contribution is -2.43. The molecular formula is C25H36BrClN2O3. The second-order valence-corrected chi connectivity index (χ2v) is 9.90. The number of amides is 1. The van der Waals surface area contributed by atoms with Crippen LogP contribution in [0, 0.1) is 0 Å². The zero-order valence-corrected chi connectivity index (χ0v) is 22.0. The highest BCUT2D eigenvalue weighted by Crippen LogP contribution is 2.26. The first-order valence-corrected chi connectivity index (χ1v) is 12.5. The van der Waals surface area contributed by atoms with E-state index in [9.17, 15) is 4.79 Å². The molecule has 1 aromatic rings. The molecule has 2 rings (SSSR count). The first-order chi connectivity index (χ1) is 15.2. The summed E-state index contributed by atoms with van der Waals surface area (Å²) >= 11 is 9.54. The number of hydrogen-bond acceptors (Lipinski definition) is 4. The maximum Gasteiger partial charge on any atom is 0.270 e. The summed E-state index contributed by atoms with van der Waals surface area (Å²) < 4.78 is 12.1. The van der Waals surface area contributed by atoms with E-state index in [0.29, 0.717) is 35.0 Å². The summed E-state index contributed by atoms with van der Waals surface area (Å²) in [7, 11) is 0. The molecule has 1 saturated heterocycles. The third-order valence-electron chi connectivity index (χ3n) is 5.36. The van der Waals surface area contributed by atoms with Gasteiger partial charge in [-0.3, -0.25) is 4.79 Å². The standard InChI is InChI=1S/C25H36BrClN2O3/c1-18(2)24(29(20(5)26)17-21-10-12-22(27)13-11-21)25(30)28(19(3)4)14-8-16-32-23-9-6-7-15-31-23/h10-13,19,23H,5-9,14-17H2,1-4H3. The van der Waals surface area contributed by atoms with Crippen LogP contribution in [0.3, 0.4) is 0 Å². The minimum absolute atomic E-state index is 0.0107. The summed E-state index contributed by atoms with van der Waals surface area (Å²) in [4.78, 5) is 17.5. The third kappa shape index (κ3) is 8.22. The number of nitrogens with zero attached hydrogens (tertiary/aromatic N) is 2. The van der Waals surface area contributed by atoms with Crippen LogP contribution in [0.15, 0.2) is 46.7 Å². The Kier molecular flexibility index (Phi) is 11.3. The van der Waals surface area contributed by atoms with Gasteiger partial charge in [-0.15, -0.1) is 0 Å². The number of allylic oxidation sites excluding steroid dienone is 1. The van der Waals surface area contributed by atoms with E-state index in [1.54, 1.807) is 0 Å². The minimum atomic E-state index is -0.105. The first-order valence-electron chi connectivity index (χ1n) is 11.3. The van der Waals surface area contributed by atoms with E-state index in [1.807, 2.05) is 61.8 Å². The number of rotatable bonds is 11. The number of carbonyl (C=O) groups excluding carboxylic acids is 1. The van der Waals surface area contributed by atoms with E-state index >= 15 is 0 Å². The average Bonchev–Trinajstić information content (AvgIpc) is 2.74. The van der Waals surface area contributed by atoms with Crippen LogP contribution >= 0.6 is 27.5 Å². The lowest BCUT2D eigenvalue weighted by molar-refractivity contribution is -0.163. The first kappa shape index (κ1) is 26.9. The Hall–Kier alpha value is -1.34. The van der Waals surface area contributed by atoms with E-state index in [2.05, 4.69) is 22.5 Å². The van der Waals surface area contributed by atoms with Gasteiger partial charge in [0.25, 0.3) is 5.91 Å². The van der Waals surface area contributed by atoms with Gasteiger partial charge >= 0.3 is 0 Å². The second-order valence-electron chi connectivity index (χ2n) is 8.55. The van der Waals surface area contributed by atoms with Crippen LogP contribution in [0.25, 0.3) is 0 Å². The molecule has 0 spiro atoms. The molecule has 5 nitrogen and oxygen atoms in total. The van der Waals surface area contributed by atoms with Crippen molar-refractivity contribution in [2.24, 2.45) is 0 Å². The molecule has 1 aliphatic rings. The summed E-state index contributed by atoms with van der Waals surface area (Å²) in [5.74, 6) is -0.0107. The van der Waals surface area contributed by atoms with Crippen LogP contribution in [-0.4, -0.2) is 47.8 Å². The summed E-state index contributed by atoms with van der Waals surface area (Å²) in [6.45, 7) is 14.5. The summed E-state index contributed by atoms with van der Waals surface area (Å²) in [5.41, 5.74) is 2.60. The van der Waals surface area contributed by atoms with Crippen molar-refractivity contribution >= 4 is 33.4 Å². The predicted molar refractivity (Wildman–Crippen MR) is 134 cm³/mol. The Bertz CT molecular complexity index is 785. The number of halogens is 2. The van der Waals surface area contributed by atoms with E-state index in [0.717, 1.165) is 43.4 Å². The smallest absolute Gasteiger partial charge is 0.270 e. The quantitative estimate of drug-likeness (QED) is 0.188. The molecule has 1 amide bonds. The Morgan fingerprint density at radius 2 is 1.97 bits per heavy atom. The molecule has 1 unspecified atom stereocenters. The van der Waals surface area contributed by atoms with Gasteiger partial charge in [-0.05, 0) is 92.6 Å². The van der Waals surface area contributed by atoms with Gasteiger partial charge in [0.1, 0.15) is 5.70 Å². The van der Waals surface area contributed by atoms with Crippen LogP contribution < -0.4 is 0 Å². The SMILES string of the molecule is C=C(Br)N(Cc1ccc(Cl)cc1)C(C(=O)N(CCCOC1CCCCO1)C(C)C)=C(C)C. The van der Waals surface area contributed by atoms with Gasteiger partial charge in [-0.25, -0.2) is 0 Å². The Balaban J connectivity index is 2.09. The van der Waals surface area contributed by atoms with Crippen molar-refractivity contribution in [3.8, 4) is 0 Å². The normalized spacial score (nSPS) is 16.0. The molecule has 0 bridgehead atoms. The summed E-state index contributed by atoms with van der Waals surface area (Å²) in [6.07, 6.45) is 3.85. The van der Waals surface area contributed by atoms with E-state index in [4.69, 9.17) is 21.1 Å². The zero-order valence-electron chi connectivity index (χ0n) is 19.7. The topological polar surface area (TPSA) is 42.0 Å². The van der Waals surface area contributed by atoms with Gasteiger partial charge in [-0.1, -0.05) is 30.3 Å². The van der Waals surface area contributed by atoms with Crippen LogP contribution in [0.5, 0.6) is 0 Å². The van der Waals surface area contributed by atoms with Crippen molar-refractivity contribution in [2.75, 3.05) is 19.8 Å². The second kappa shape index (κ2) is 13.4. The van der Waals surface area contributed by atoms with Crippen molar-refractivity contribution in [3.63, 3.8) is 0 Å². The lowest BCUT2D eigenvalue weighted by Gasteiger charge is -2.34. The van der Waals surface area contributed by atoms with Gasteiger partial charge in [-0.2, -0.15) is 0 Å². The van der Waals surface area contributed by atoms with Gasteiger partial charge < -0.3 is 19.3 Å². The maximum atomic E-state index is 13.7. The molecular weight excluding hydrogens is 492 g/mol. The number of carbonyl (C=O) groups is 1. The van der Waals surface area contributed by atoms with E-state index in [1.165, 1.54) is 0 Å². The fourth-order valence-electron chi connectivity index (χ4n) is 3.68. The molecule has 178 valence electrons. The molecule has 1 heterocycles. The van der Waals surface area contributed by atoms with Gasteiger partial charge in [0, 0.05) is 30.8 Å². The molecule has 7 heteroatoms. The molecule has 0 radical (unpaired) electrons. The number of benzene rings is 1. The maximum absolute atomic E-state index is 13.7. The molecule has 1 atom stereocenters. The third-order valence-corrected chi connectivity index (χ3v) is 6.04. The summed E-state index contributed by atoms with van der Waals surface area (Å²) in [5, 5.41) is 0.684. The molecule has 0 N–H and O–H groups in total.